The number of hydrogen-bond donors (Lipinski definition) is 0. The Hall–Kier alpha value is -1.16. The predicted molar refractivity (Wildman–Crippen MR) is 82.2 cm³/mol. The fraction of sp³-hybridized carbons (Fsp3) is 0.143. The Kier molecular flexibility index (Phi) is 3.44. The molecule has 2 aromatic heterocycles. The van der Waals surface area contributed by atoms with Crippen LogP contribution in [0.1, 0.15) is 11.8 Å². The molecular formula is C14H10Cl2N2S. The van der Waals surface area contributed by atoms with Crippen LogP contribution in [0.15, 0.2) is 30.3 Å². The highest BCUT2D eigenvalue weighted by Crippen LogP contribution is 2.30. The summed E-state index contributed by atoms with van der Waals surface area (Å²) in [7, 11) is 0. The van der Waals surface area contributed by atoms with Gasteiger partial charge in [-0.2, -0.15) is 0 Å². The minimum atomic E-state index is 0.461. The van der Waals surface area contributed by atoms with Gasteiger partial charge in [-0.1, -0.05) is 30.1 Å². The van der Waals surface area contributed by atoms with Crippen LogP contribution < -0.4 is 0 Å². The van der Waals surface area contributed by atoms with Crippen molar-refractivity contribution < 1.29 is 0 Å². The van der Waals surface area contributed by atoms with Gasteiger partial charge in [0, 0.05) is 15.3 Å². The van der Waals surface area contributed by atoms with Crippen LogP contribution in [0, 0.1) is 0 Å². The first kappa shape index (κ1) is 12.9. The molecule has 0 aliphatic heterocycles. The predicted octanol–water partition coefficient (Wildman–Crippen LogP) is 5.23. The van der Waals surface area contributed by atoms with E-state index < -0.39 is 0 Å². The van der Waals surface area contributed by atoms with Crippen molar-refractivity contribution in [2.24, 2.45) is 0 Å². The first-order valence-electron chi connectivity index (χ1n) is 5.89. The third kappa shape index (κ3) is 2.46. The molecule has 0 amide bonds. The molecular weight excluding hydrogens is 299 g/mol. The summed E-state index contributed by atoms with van der Waals surface area (Å²) in [6.45, 7) is 2.13. The zero-order valence-corrected chi connectivity index (χ0v) is 12.5. The number of thiophene rings is 1. The number of aryl methyl sites for hydroxylation is 1. The van der Waals surface area contributed by atoms with E-state index in [1.165, 1.54) is 4.88 Å². The molecule has 0 fully saturated rings. The lowest BCUT2D eigenvalue weighted by atomic mass is 10.2. The van der Waals surface area contributed by atoms with E-state index in [1.54, 1.807) is 17.4 Å². The van der Waals surface area contributed by atoms with Crippen LogP contribution in [0.3, 0.4) is 0 Å². The van der Waals surface area contributed by atoms with Crippen LogP contribution in [-0.4, -0.2) is 9.97 Å². The Labute approximate surface area is 125 Å². The molecule has 3 rings (SSSR count). The van der Waals surface area contributed by atoms with Gasteiger partial charge < -0.3 is 0 Å². The van der Waals surface area contributed by atoms with Crippen molar-refractivity contribution >= 4 is 45.4 Å². The van der Waals surface area contributed by atoms with Gasteiger partial charge in [-0.05, 0) is 36.8 Å². The minimum Gasteiger partial charge on any atom is -0.227 e. The van der Waals surface area contributed by atoms with Crippen molar-refractivity contribution in [3.63, 3.8) is 0 Å². The van der Waals surface area contributed by atoms with E-state index in [0.717, 1.165) is 22.2 Å². The van der Waals surface area contributed by atoms with E-state index in [-0.39, 0.29) is 0 Å². The molecule has 0 spiro atoms. The normalized spacial score (nSPS) is 11.1. The van der Waals surface area contributed by atoms with Crippen LogP contribution in [-0.2, 0) is 6.42 Å². The largest absolute Gasteiger partial charge is 0.227 e. The fourth-order valence-electron chi connectivity index (χ4n) is 1.86. The molecule has 3 aromatic rings. The number of hydrogen-bond acceptors (Lipinski definition) is 3. The molecule has 2 heterocycles. The van der Waals surface area contributed by atoms with Gasteiger partial charge in [0.05, 0.1) is 10.4 Å². The summed E-state index contributed by atoms with van der Waals surface area (Å²) in [6, 6.07) is 9.57. The first-order chi connectivity index (χ1) is 9.17. The molecule has 0 aliphatic carbocycles. The molecule has 0 saturated heterocycles. The SMILES string of the molecule is CCc1ccc(-c2nc(Cl)c3ccc(Cl)cc3n2)s1. The van der Waals surface area contributed by atoms with Crippen molar-refractivity contribution in [2.45, 2.75) is 13.3 Å². The molecule has 96 valence electrons. The molecule has 19 heavy (non-hydrogen) atoms. The van der Waals surface area contributed by atoms with Gasteiger partial charge in [0.15, 0.2) is 5.82 Å². The average molecular weight is 309 g/mol. The van der Waals surface area contributed by atoms with Crippen molar-refractivity contribution in [1.82, 2.24) is 9.97 Å². The third-order valence-corrected chi connectivity index (χ3v) is 4.59. The fourth-order valence-corrected chi connectivity index (χ4v) is 3.15. The quantitative estimate of drug-likeness (QED) is 0.606. The van der Waals surface area contributed by atoms with E-state index in [2.05, 4.69) is 23.0 Å². The van der Waals surface area contributed by atoms with Crippen LogP contribution in [0.25, 0.3) is 21.6 Å². The lowest BCUT2D eigenvalue weighted by Crippen LogP contribution is -1.90. The number of halogens is 2. The maximum absolute atomic E-state index is 6.22. The van der Waals surface area contributed by atoms with Gasteiger partial charge in [0.2, 0.25) is 0 Å². The van der Waals surface area contributed by atoms with Gasteiger partial charge >= 0.3 is 0 Å². The summed E-state index contributed by atoms with van der Waals surface area (Å²) in [6.07, 6.45) is 1.01. The van der Waals surface area contributed by atoms with E-state index in [9.17, 15) is 0 Å². The van der Waals surface area contributed by atoms with E-state index in [1.807, 2.05) is 18.2 Å². The van der Waals surface area contributed by atoms with Crippen LogP contribution in [0.5, 0.6) is 0 Å². The summed E-state index contributed by atoms with van der Waals surface area (Å²) >= 11 is 13.9. The van der Waals surface area contributed by atoms with E-state index in [4.69, 9.17) is 23.2 Å². The summed E-state index contributed by atoms with van der Waals surface area (Å²) in [4.78, 5) is 11.3. The molecule has 0 radical (unpaired) electrons. The third-order valence-electron chi connectivity index (χ3n) is 2.84. The van der Waals surface area contributed by atoms with Crippen LogP contribution in [0.2, 0.25) is 10.2 Å². The molecule has 0 atom stereocenters. The van der Waals surface area contributed by atoms with Gasteiger partial charge in [0.25, 0.3) is 0 Å². The number of rotatable bonds is 2. The molecule has 0 bridgehead atoms. The standard InChI is InChI=1S/C14H10Cl2N2S/c1-2-9-4-6-12(19-9)14-17-11-7-8(15)3-5-10(11)13(16)18-14/h3-7H,2H2,1H3. The molecule has 0 unspecified atom stereocenters. The molecule has 0 N–H and O–H groups in total. The molecule has 0 saturated carbocycles. The maximum atomic E-state index is 6.22. The number of fused-ring (bicyclic) bond motifs is 1. The summed E-state index contributed by atoms with van der Waals surface area (Å²) in [5.74, 6) is 0.657. The highest BCUT2D eigenvalue weighted by atomic mass is 35.5. The Morgan fingerprint density at radius 2 is 1.95 bits per heavy atom. The highest BCUT2D eigenvalue weighted by molar-refractivity contribution is 7.15. The van der Waals surface area contributed by atoms with Crippen LogP contribution in [0.4, 0.5) is 0 Å². The lowest BCUT2D eigenvalue weighted by molar-refractivity contribution is 1.19. The topological polar surface area (TPSA) is 25.8 Å². The zero-order chi connectivity index (χ0) is 13.4. The van der Waals surface area contributed by atoms with Crippen molar-refractivity contribution in [2.75, 3.05) is 0 Å². The monoisotopic (exact) mass is 308 g/mol. The summed E-state index contributed by atoms with van der Waals surface area (Å²) in [5.41, 5.74) is 0.772. The van der Waals surface area contributed by atoms with E-state index >= 15 is 0 Å². The van der Waals surface area contributed by atoms with Gasteiger partial charge in [-0.3, -0.25) is 0 Å². The number of aromatic nitrogens is 2. The van der Waals surface area contributed by atoms with Gasteiger partial charge in [0.1, 0.15) is 5.15 Å². The number of benzene rings is 1. The molecule has 5 heteroatoms. The smallest absolute Gasteiger partial charge is 0.171 e. The maximum Gasteiger partial charge on any atom is 0.171 e. The second-order valence-corrected chi connectivity index (χ2v) is 6.08. The van der Waals surface area contributed by atoms with E-state index in [0.29, 0.717) is 16.0 Å². The van der Waals surface area contributed by atoms with Crippen molar-refractivity contribution in [3.8, 4) is 10.7 Å². The lowest BCUT2D eigenvalue weighted by Gasteiger charge is -2.03. The second kappa shape index (κ2) is 5.08. The van der Waals surface area contributed by atoms with Crippen LogP contribution >= 0.6 is 34.5 Å². The van der Waals surface area contributed by atoms with Crippen molar-refractivity contribution in [3.05, 3.63) is 45.4 Å². The Balaban J connectivity index is 2.19. The van der Waals surface area contributed by atoms with Crippen molar-refractivity contribution in [1.29, 1.82) is 0 Å². The number of nitrogens with zero attached hydrogens (tertiary/aromatic N) is 2. The molecule has 1 aromatic carbocycles. The Bertz CT molecular complexity index is 752. The minimum absolute atomic E-state index is 0.461. The molecule has 0 aliphatic rings. The van der Waals surface area contributed by atoms with Gasteiger partial charge in [-0.25, -0.2) is 9.97 Å². The Morgan fingerprint density at radius 3 is 2.68 bits per heavy atom. The first-order valence-corrected chi connectivity index (χ1v) is 7.46. The molecule has 2 nitrogen and oxygen atoms in total. The van der Waals surface area contributed by atoms with Gasteiger partial charge in [-0.15, -0.1) is 11.3 Å². The highest BCUT2D eigenvalue weighted by Gasteiger charge is 2.10. The Morgan fingerprint density at radius 1 is 1.11 bits per heavy atom. The summed E-state index contributed by atoms with van der Waals surface area (Å²) in [5, 5.41) is 1.93. The zero-order valence-electron chi connectivity index (χ0n) is 10.2. The summed E-state index contributed by atoms with van der Waals surface area (Å²) < 4.78 is 0. The average Bonchev–Trinajstić information content (AvgIpc) is 2.86. The second-order valence-electron chi connectivity index (χ2n) is 4.12.